The summed E-state index contributed by atoms with van der Waals surface area (Å²) in [6.07, 6.45) is 8.91. The molecule has 0 bridgehead atoms. The first kappa shape index (κ1) is 22.0. The van der Waals surface area contributed by atoms with Crippen LogP contribution >= 0.6 is 11.3 Å². The summed E-state index contributed by atoms with van der Waals surface area (Å²) in [7, 11) is 4.14. The first-order valence-corrected chi connectivity index (χ1v) is 12.0. The van der Waals surface area contributed by atoms with Crippen molar-refractivity contribution in [3.63, 3.8) is 0 Å². The summed E-state index contributed by atoms with van der Waals surface area (Å²) in [5, 5.41) is 1.98. The largest absolute Gasteiger partial charge is 0.366 e. The fourth-order valence-electron chi connectivity index (χ4n) is 4.35. The number of thiophene rings is 1. The highest BCUT2D eigenvalue weighted by Crippen LogP contribution is 2.35. The molecule has 5 nitrogen and oxygen atoms in total. The Labute approximate surface area is 179 Å². The predicted molar refractivity (Wildman–Crippen MR) is 120 cm³/mol. The summed E-state index contributed by atoms with van der Waals surface area (Å²) in [6, 6.07) is 4.22. The smallest absolute Gasteiger partial charge is 0.277 e. The second-order valence-corrected chi connectivity index (χ2v) is 9.32. The van der Waals surface area contributed by atoms with E-state index in [4.69, 9.17) is 0 Å². The van der Waals surface area contributed by atoms with Gasteiger partial charge in [-0.25, -0.2) is 0 Å². The summed E-state index contributed by atoms with van der Waals surface area (Å²) < 4.78 is 0. The van der Waals surface area contributed by atoms with Crippen LogP contribution in [0.15, 0.2) is 23.2 Å². The number of amides is 2. The van der Waals surface area contributed by atoms with Crippen molar-refractivity contribution in [2.45, 2.75) is 64.3 Å². The van der Waals surface area contributed by atoms with Crippen molar-refractivity contribution in [2.75, 3.05) is 33.7 Å². The summed E-state index contributed by atoms with van der Waals surface area (Å²) in [5.74, 6) is -0.214. The first-order chi connectivity index (χ1) is 14.0. The molecule has 2 aliphatic heterocycles. The highest BCUT2D eigenvalue weighted by atomic mass is 32.1. The molecule has 0 saturated carbocycles. The van der Waals surface area contributed by atoms with E-state index in [0.29, 0.717) is 23.9 Å². The van der Waals surface area contributed by atoms with Gasteiger partial charge in [-0.1, -0.05) is 45.1 Å². The van der Waals surface area contributed by atoms with Crippen LogP contribution in [-0.4, -0.2) is 66.3 Å². The lowest BCUT2D eigenvalue weighted by Gasteiger charge is -2.36. The fourth-order valence-corrected chi connectivity index (χ4v) is 5.11. The number of likely N-dealkylation sites (N-methyl/N-ethyl adjacent to an activating group) is 1. The van der Waals surface area contributed by atoms with Gasteiger partial charge in [-0.2, -0.15) is 0 Å². The van der Waals surface area contributed by atoms with E-state index in [1.807, 2.05) is 24.6 Å². The Morgan fingerprint density at radius 2 is 1.76 bits per heavy atom. The van der Waals surface area contributed by atoms with Crippen molar-refractivity contribution in [2.24, 2.45) is 0 Å². The summed E-state index contributed by atoms with van der Waals surface area (Å²) in [4.78, 5) is 33.4. The molecule has 6 heteroatoms. The summed E-state index contributed by atoms with van der Waals surface area (Å²) >= 11 is 1.54. The zero-order valence-corrected chi connectivity index (χ0v) is 19.0. The maximum absolute atomic E-state index is 13.3. The Balaban J connectivity index is 1.74. The van der Waals surface area contributed by atoms with Crippen LogP contribution in [0.4, 0.5) is 0 Å². The minimum Gasteiger partial charge on any atom is -0.366 e. The van der Waals surface area contributed by atoms with Gasteiger partial charge in [0.05, 0.1) is 5.57 Å². The van der Waals surface area contributed by atoms with Gasteiger partial charge in [0.2, 0.25) is 0 Å². The van der Waals surface area contributed by atoms with Gasteiger partial charge < -0.3 is 9.80 Å². The van der Waals surface area contributed by atoms with Crippen LogP contribution in [0, 0.1) is 0 Å². The third-order valence-corrected chi connectivity index (χ3v) is 7.12. The van der Waals surface area contributed by atoms with Crippen LogP contribution < -0.4 is 0 Å². The lowest BCUT2D eigenvalue weighted by Crippen LogP contribution is -2.43. The Kier molecular flexibility index (Phi) is 7.90. The molecule has 1 fully saturated rings. The standard InChI is InChI=1S/C23H35N3O2S/c1-4-5-6-7-8-9-14-26-22(27)20(19-11-10-17-29-19)21(23(26)28)25(3)18-12-15-24(2)16-13-18/h10-11,17-18H,4-9,12-16H2,1-3H3. The Hall–Kier alpha value is -1.66. The number of carbonyl (C=O) groups is 2. The number of carbonyl (C=O) groups excluding carboxylic acids is 2. The quantitative estimate of drug-likeness (QED) is 0.422. The predicted octanol–water partition coefficient (Wildman–Crippen LogP) is 4.21. The molecule has 29 heavy (non-hydrogen) atoms. The number of likely N-dealkylation sites (tertiary alicyclic amines) is 1. The molecule has 1 aromatic rings. The van der Waals surface area contributed by atoms with Crippen LogP contribution in [0.5, 0.6) is 0 Å². The SMILES string of the molecule is CCCCCCCCN1C(=O)C(c2cccs2)=C(N(C)C2CCN(C)CC2)C1=O. The molecule has 0 atom stereocenters. The van der Waals surface area contributed by atoms with E-state index < -0.39 is 0 Å². The summed E-state index contributed by atoms with van der Waals surface area (Å²) in [5.41, 5.74) is 1.22. The molecular formula is C23H35N3O2S. The van der Waals surface area contributed by atoms with Crippen molar-refractivity contribution in [3.05, 3.63) is 28.1 Å². The normalized spacial score (nSPS) is 18.9. The van der Waals surface area contributed by atoms with Gasteiger partial charge in [-0.05, 0) is 50.8 Å². The third kappa shape index (κ3) is 5.10. The van der Waals surface area contributed by atoms with Crippen molar-refractivity contribution < 1.29 is 9.59 Å². The topological polar surface area (TPSA) is 43.9 Å². The number of piperidine rings is 1. The van der Waals surface area contributed by atoms with E-state index in [9.17, 15) is 9.59 Å². The van der Waals surface area contributed by atoms with Gasteiger partial charge in [0.15, 0.2) is 0 Å². The average molecular weight is 418 g/mol. The molecule has 1 saturated heterocycles. The van der Waals surface area contributed by atoms with Crippen molar-refractivity contribution in [3.8, 4) is 0 Å². The van der Waals surface area contributed by atoms with Gasteiger partial charge in [0.25, 0.3) is 11.8 Å². The lowest BCUT2D eigenvalue weighted by atomic mass is 10.0. The Morgan fingerprint density at radius 3 is 2.41 bits per heavy atom. The molecule has 3 heterocycles. The highest BCUT2D eigenvalue weighted by molar-refractivity contribution is 7.11. The minimum atomic E-state index is -0.110. The average Bonchev–Trinajstić information content (AvgIpc) is 3.32. The van der Waals surface area contributed by atoms with Crippen molar-refractivity contribution >= 4 is 28.7 Å². The second kappa shape index (κ2) is 10.4. The Morgan fingerprint density at radius 1 is 1.07 bits per heavy atom. The van der Waals surface area contributed by atoms with E-state index in [1.54, 1.807) is 11.3 Å². The molecule has 0 spiro atoms. The molecule has 0 aliphatic carbocycles. The van der Waals surface area contributed by atoms with Gasteiger partial charge in [-0.15, -0.1) is 11.3 Å². The first-order valence-electron chi connectivity index (χ1n) is 11.1. The van der Waals surface area contributed by atoms with E-state index in [-0.39, 0.29) is 11.8 Å². The third-order valence-electron chi connectivity index (χ3n) is 6.23. The Bertz CT molecular complexity index is 720. The van der Waals surface area contributed by atoms with Crippen molar-refractivity contribution in [1.29, 1.82) is 0 Å². The van der Waals surface area contributed by atoms with E-state index in [1.165, 1.54) is 30.6 Å². The number of hydrogen-bond acceptors (Lipinski definition) is 5. The lowest BCUT2D eigenvalue weighted by molar-refractivity contribution is -0.137. The van der Waals surface area contributed by atoms with Crippen LogP contribution in [0.1, 0.15) is 63.2 Å². The monoisotopic (exact) mass is 417 g/mol. The molecule has 3 rings (SSSR count). The molecule has 1 aromatic heterocycles. The van der Waals surface area contributed by atoms with Gasteiger partial charge in [0, 0.05) is 24.5 Å². The van der Waals surface area contributed by atoms with Gasteiger partial charge in [0.1, 0.15) is 5.70 Å². The minimum absolute atomic E-state index is 0.103. The maximum Gasteiger partial charge on any atom is 0.277 e. The number of nitrogens with zero attached hydrogens (tertiary/aromatic N) is 3. The number of hydrogen-bond donors (Lipinski definition) is 0. The molecule has 2 aliphatic rings. The van der Waals surface area contributed by atoms with E-state index >= 15 is 0 Å². The molecule has 0 N–H and O–H groups in total. The zero-order chi connectivity index (χ0) is 20.8. The molecule has 0 unspecified atom stereocenters. The van der Waals surface area contributed by atoms with Crippen LogP contribution in [0.25, 0.3) is 5.57 Å². The molecular weight excluding hydrogens is 382 g/mol. The maximum atomic E-state index is 13.3. The van der Waals surface area contributed by atoms with Crippen LogP contribution in [0.2, 0.25) is 0 Å². The number of imide groups is 1. The fraction of sp³-hybridized carbons (Fsp3) is 0.652. The van der Waals surface area contributed by atoms with Gasteiger partial charge in [-0.3, -0.25) is 14.5 Å². The molecule has 2 amide bonds. The second-order valence-electron chi connectivity index (χ2n) is 8.38. The van der Waals surface area contributed by atoms with Crippen LogP contribution in [-0.2, 0) is 9.59 Å². The number of rotatable bonds is 10. The molecule has 0 radical (unpaired) electrons. The van der Waals surface area contributed by atoms with Crippen LogP contribution in [0.3, 0.4) is 0 Å². The highest BCUT2D eigenvalue weighted by Gasteiger charge is 2.42. The number of unbranched alkanes of at least 4 members (excludes halogenated alkanes) is 5. The zero-order valence-electron chi connectivity index (χ0n) is 18.2. The van der Waals surface area contributed by atoms with Crippen molar-refractivity contribution in [1.82, 2.24) is 14.7 Å². The van der Waals surface area contributed by atoms with Gasteiger partial charge >= 0.3 is 0 Å². The van der Waals surface area contributed by atoms with E-state index in [2.05, 4.69) is 23.8 Å². The molecule has 160 valence electrons. The molecule has 0 aromatic carbocycles. The van der Waals surface area contributed by atoms with E-state index in [0.717, 1.165) is 43.6 Å². The summed E-state index contributed by atoms with van der Waals surface area (Å²) in [6.45, 7) is 4.80.